The fourth-order valence-electron chi connectivity index (χ4n) is 1.78. The van der Waals surface area contributed by atoms with Crippen LogP contribution in [0, 0.1) is 12.8 Å². The quantitative estimate of drug-likeness (QED) is 0.797. The number of anilines is 1. The molecule has 1 aromatic rings. The molecule has 3 nitrogen and oxygen atoms in total. The predicted molar refractivity (Wildman–Crippen MR) is 57.2 cm³/mol. The predicted octanol–water partition coefficient (Wildman–Crippen LogP) is 2.39. The van der Waals surface area contributed by atoms with E-state index < -0.39 is 0 Å². The summed E-state index contributed by atoms with van der Waals surface area (Å²) in [6, 6.07) is 2.42. The van der Waals surface area contributed by atoms with Crippen LogP contribution in [0.5, 0.6) is 0 Å². The topological polar surface area (TPSA) is 37.8 Å². The molecule has 0 bridgehead atoms. The molecule has 0 spiro atoms. The average molecular weight is 191 g/mol. The van der Waals surface area contributed by atoms with E-state index in [0.29, 0.717) is 6.04 Å². The largest absolute Gasteiger partial charge is 0.351 e. The SMILES string of the molecule is Cc1ccnc(N[C@@H](C)C2CCC2)n1. The first-order valence-electron chi connectivity index (χ1n) is 5.32. The molecule has 1 aliphatic rings. The van der Waals surface area contributed by atoms with Gasteiger partial charge in [0.2, 0.25) is 5.95 Å². The smallest absolute Gasteiger partial charge is 0.223 e. The summed E-state index contributed by atoms with van der Waals surface area (Å²) in [5.41, 5.74) is 1.02. The van der Waals surface area contributed by atoms with E-state index in [9.17, 15) is 0 Å². The van der Waals surface area contributed by atoms with Crippen molar-refractivity contribution in [2.24, 2.45) is 5.92 Å². The normalized spacial score (nSPS) is 18.7. The molecule has 1 atom stereocenters. The first-order chi connectivity index (χ1) is 6.75. The molecule has 1 aliphatic carbocycles. The van der Waals surface area contributed by atoms with Crippen LogP contribution in [-0.4, -0.2) is 16.0 Å². The van der Waals surface area contributed by atoms with Gasteiger partial charge in [-0.1, -0.05) is 6.42 Å². The molecule has 14 heavy (non-hydrogen) atoms. The van der Waals surface area contributed by atoms with E-state index in [4.69, 9.17) is 0 Å². The second-order valence-electron chi connectivity index (χ2n) is 4.15. The van der Waals surface area contributed by atoms with Crippen molar-refractivity contribution < 1.29 is 0 Å². The Hall–Kier alpha value is -1.12. The molecule has 1 N–H and O–H groups in total. The van der Waals surface area contributed by atoms with Gasteiger partial charge in [-0.05, 0) is 38.7 Å². The van der Waals surface area contributed by atoms with Gasteiger partial charge in [0.1, 0.15) is 0 Å². The monoisotopic (exact) mass is 191 g/mol. The molecule has 2 rings (SSSR count). The van der Waals surface area contributed by atoms with Gasteiger partial charge in [-0.3, -0.25) is 0 Å². The lowest BCUT2D eigenvalue weighted by atomic mass is 9.80. The lowest BCUT2D eigenvalue weighted by molar-refractivity contribution is 0.284. The van der Waals surface area contributed by atoms with E-state index in [0.717, 1.165) is 17.6 Å². The highest BCUT2D eigenvalue weighted by molar-refractivity contribution is 5.26. The maximum Gasteiger partial charge on any atom is 0.223 e. The van der Waals surface area contributed by atoms with Crippen molar-refractivity contribution in [2.45, 2.75) is 39.2 Å². The van der Waals surface area contributed by atoms with Gasteiger partial charge in [-0.2, -0.15) is 0 Å². The van der Waals surface area contributed by atoms with Crippen molar-refractivity contribution >= 4 is 5.95 Å². The summed E-state index contributed by atoms with van der Waals surface area (Å²) in [6.07, 6.45) is 5.88. The number of hydrogen-bond acceptors (Lipinski definition) is 3. The van der Waals surface area contributed by atoms with Crippen molar-refractivity contribution in [1.82, 2.24) is 9.97 Å². The highest BCUT2D eigenvalue weighted by Gasteiger charge is 2.24. The van der Waals surface area contributed by atoms with Gasteiger partial charge in [0.15, 0.2) is 0 Å². The maximum absolute atomic E-state index is 4.33. The number of nitrogens with zero attached hydrogens (tertiary/aromatic N) is 2. The fraction of sp³-hybridized carbons (Fsp3) is 0.636. The number of rotatable bonds is 3. The zero-order valence-corrected chi connectivity index (χ0v) is 8.83. The van der Waals surface area contributed by atoms with Crippen LogP contribution in [0.4, 0.5) is 5.95 Å². The molecule has 0 unspecified atom stereocenters. The van der Waals surface area contributed by atoms with Gasteiger partial charge in [0.05, 0.1) is 0 Å². The summed E-state index contributed by atoms with van der Waals surface area (Å²) < 4.78 is 0. The van der Waals surface area contributed by atoms with Gasteiger partial charge in [0, 0.05) is 17.9 Å². The third-order valence-corrected chi connectivity index (χ3v) is 3.01. The first-order valence-corrected chi connectivity index (χ1v) is 5.32. The van der Waals surface area contributed by atoms with E-state index in [1.165, 1.54) is 19.3 Å². The summed E-state index contributed by atoms with van der Waals surface area (Å²) in [6.45, 7) is 4.20. The standard InChI is InChI=1S/C11H17N3/c1-8-6-7-12-11(13-8)14-9(2)10-4-3-5-10/h6-7,9-10H,3-5H2,1-2H3,(H,12,13,14)/t9-/m0/s1. The van der Waals surface area contributed by atoms with Crippen molar-refractivity contribution in [2.75, 3.05) is 5.32 Å². The summed E-state index contributed by atoms with van der Waals surface area (Å²) >= 11 is 0. The van der Waals surface area contributed by atoms with Crippen LogP contribution in [0.1, 0.15) is 31.9 Å². The van der Waals surface area contributed by atoms with Gasteiger partial charge in [-0.15, -0.1) is 0 Å². The minimum Gasteiger partial charge on any atom is -0.351 e. The number of aromatic nitrogens is 2. The molecular formula is C11H17N3. The summed E-state index contributed by atoms with van der Waals surface area (Å²) in [4.78, 5) is 8.53. The van der Waals surface area contributed by atoms with Crippen LogP contribution in [0.2, 0.25) is 0 Å². The zero-order chi connectivity index (χ0) is 9.97. The molecule has 3 heteroatoms. The van der Waals surface area contributed by atoms with Gasteiger partial charge >= 0.3 is 0 Å². The molecule has 0 radical (unpaired) electrons. The van der Waals surface area contributed by atoms with Crippen molar-refractivity contribution in [3.05, 3.63) is 18.0 Å². The zero-order valence-electron chi connectivity index (χ0n) is 8.83. The van der Waals surface area contributed by atoms with E-state index >= 15 is 0 Å². The Morgan fingerprint density at radius 3 is 2.86 bits per heavy atom. The van der Waals surface area contributed by atoms with Crippen molar-refractivity contribution in [3.63, 3.8) is 0 Å². The number of nitrogens with one attached hydrogen (secondary N) is 1. The Morgan fingerprint density at radius 1 is 1.50 bits per heavy atom. The molecule has 1 saturated carbocycles. The minimum absolute atomic E-state index is 0.505. The van der Waals surface area contributed by atoms with E-state index in [-0.39, 0.29) is 0 Å². The molecule has 0 amide bonds. The molecule has 76 valence electrons. The van der Waals surface area contributed by atoms with Crippen LogP contribution in [0.3, 0.4) is 0 Å². The lowest BCUT2D eigenvalue weighted by Crippen LogP contribution is -2.31. The Labute approximate surface area is 85.0 Å². The van der Waals surface area contributed by atoms with Crippen LogP contribution >= 0.6 is 0 Å². The second-order valence-corrected chi connectivity index (χ2v) is 4.15. The Bertz CT molecular complexity index is 307. The number of hydrogen-bond donors (Lipinski definition) is 1. The van der Waals surface area contributed by atoms with Crippen LogP contribution in [0.25, 0.3) is 0 Å². The Morgan fingerprint density at radius 2 is 2.29 bits per heavy atom. The lowest BCUT2D eigenvalue weighted by Gasteiger charge is -2.31. The molecular weight excluding hydrogens is 174 g/mol. The fourth-order valence-corrected chi connectivity index (χ4v) is 1.78. The highest BCUT2D eigenvalue weighted by Crippen LogP contribution is 2.30. The minimum atomic E-state index is 0.505. The number of aryl methyl sites for hydroxylation is 1. The highest BCUT2D eigenvalue weighted by atomic mass is 15.1. The molecule has 1 heterocycles. The van der Waals surface area contributed by atoms with Gasteiger partial charge in [-0.25, -0.2) is 9.97 Å². The summed E-state index contributed by atoms with van der Waals surface area (Å²) in [7, 11) is 0. The molecule has 1 fully saturated rings. The van der Waals surface area contributed by atoms with Crippen LogP contribution in [0.15, 0.2) is 12.3 Å². The van der Waals surface area contributed by atoms with E-state index in [1.54, 1.807) is 6.20 Å². The second kappa shape index (κ2) is 3.95. The van der Waals surface area contributed by atoms with Crippen molar-refractivity contribution in [1.29, 1.82) is 0 Å². The first kappa shape index (κ1) is 9.44. The maximum atomic E-state index is 4.33. The molecule has 0 aromatic carbocycles. The summed E-state index contributed by atoms with van der Waals surface area (Å²) in [5, 5.41) is 3.36. The van der Waals surface area contributed by atoms with Crippen molar-refractivity contribution in [3.8, 4) is 0 Å². The van der Waals surface area contributed by atoms with Gasteiger partial charge in [0.25, 0.3) is 0 Å². The summed E-state index contributed by atoms with van der Waals surface area (Å²) in [5.74, 6) is 1.59. The molecule has 0 saturated heterocycles. The van der Waals surface area contributed by atoms with E-state index in [1.807, 2.05) is 13.0 Å². The third-order valence-electron chi connectivity index (χ3n) is 3.01. The Balaban J connectivity index is 1.95. The van der Waals surface area contributed by atoms with Crippen LogP contribution in [-0.2, 0) is 0 Å². The molecule has 1 aromatic heterocycles. The van der Waals surface area contributed by atoms with Crippen LogP contribution < -0.4 is 5.32 Å². The van der Waals surface area contributed by atoms with E-state index in [2.05, 4.69) is 22.2 Å². The third kappa shape index (κ3) is 2.03. The Kier molecular flexibility index (Phi) is 2.66. The van der Waals surface area contributed by atoms with Gasteiger partial charge < -0.3 is 5.32 Å². The average Bonchev–Trinajstić information content (AvgIpc) is 1.99. The molecule has 0 aliphatic heterocycles.